The maximum Gasteiger partial charge on any atom is 0.269 e. The van der Waals surface area contributed by atoms with Crippen LogP contribution in [0.3, 0.4) is 0 Å². The molecule has 1 unspecified atom stereocenters. The minimum Gasteiger partial charge on any atom is -0.379 e. The predicted molar refractivity (Wildman–Crippen MR) is 82.9 cm³/mol. The number of nitro groups is 1. The van der Waals surface area contributed by atoms with Gasteiger partial charge in [0, 0.05) is 23.9 Å². The van der Waals surface area contributed by atoms with Crippen LogP contribution in [0.5, 0.6) is 0 Å². The third-order valence-electron chi connectivity index (χ3n) is 2.76. The number of nitrogens with one attached hydrogen (secondary N) is 1. The lowest BCUT2D eigenvalue weighted by Crippen LogP contribution is -2.06. The van der Waals surface area contributed by atoms with Crippen LogP contribution in [0.25, 0.3) is 0 Å². The fourth-order valence-corrected chi connectivity index (χ4v) is 1.75. The first-order valence-electron chi connectivity index (χ1n) is 6.73. The van der Waals surface area contributed by atoms with Crippen molar-refractivity contribution in [3.63, 3.8) is 0 Å². The fraction of sp³-hybridized carbons (Fsp3) is 0.250. The van der Waals surface area contributed by atoms with Crippen LogP contribution in [-0.4, -0.2) is 4.92 Å². The Morgan fingerprint density at radius 1 is 1.00 bits per heavy atom. The first kappa shape index (κ1) is 15.7. The van der Waals surface area contributed by atoms with E-state index in [9.17, 15) is 10.1 Å². The SMILES string of the molecule is CC.CC(Nc1ccc([N+](=O)[O-])cc1)c1ccccc1. The molecular weight excluding hydrogens is 252 g/mol. The summed E-state index contributed by atoms with van der Waals surface area (Å²) < 4.78 is 0. The molecule has 0 saturated carbocycles. The van der Waals surface area contributed by atoms with Gasteiger partial charge in [0.15, 0.2) is 0 Å². The molecule has 0 aromatic heterocycles. The maximum absolute atomic E-state index is 10.5. The summed E-state index contributed by atoms with van der Waals surface area (Å²) in [4.78, 5) is 10.1. The lowest BCUT2D eigenvalue weighted by atomic mass is 10.1. The van der Waals surface area contributed by atoms with Crippen LogP contribution in [-0.2, 0) is 0 Å². The van der Waals surface area contributed by atoms with Crippen LogP contribution in [0.2, 0.25) is 0 Å². The lowest BCUT2D eigenvalue weighted by molar-refractivity contribution is -0.384. The standard InChI is InChI=1S/C14H14N2O2.C2H6/c1-11(12-5-3-2-4-6-12)15-13-7-9-14(10-8-13)16(17)18;1-2/h2-11,15H,1H3;1-2H3. The van der Waals surface area contributed by atoms with Gasteiger partial charge in [-0.15, -0.1) is 0 Å². The third-order valence-corrected chi connectivity index (χ3v) is 2.76. The predicted octanol–water partition coefficient (Wildman–Crippen LogP) is 4.79. The lowest BCUT2D eigenvalue weighted by Gasteiger charge is -2.15. The van der Waals surface area contributed by atoms with Crippen LogP contribution in [0.15, 0.2) is 54.6 Å². The largest absolute Gasteiger partial charge is 0.379 e. The molecular formula is C16H20N2O2. The fourth-order valence-electron chi connectivity index (χ4n) is 1.75. The molecule has 0 aliphatic carbocycles. The minimum absolute atomic E-state index is 0.105. The van der Waals surface area contributed by atoms with Gasteiger partial charge in [0.05, 0.1) is 4.92 Å². The van der Waals surface area contributed by atoms with Crippen LogP contribution < -0.4 is 5.32 Å². The Kier molecular flexibility index (Phi) is 6.23. The van der Waals surface area contributed by atoms with Crippen molar-refractivity contribution in [2.24, 2.45) is 0 Å². The average molecular weight is 272 g/mol. The summed E-state index contributed by atoms with van der Waals surface area (Å²) in [5.41, 5.74) is 2.15. The highest BCUT2D eigenvalue weighted by Gasteiger charge is 2.07. The van der Waals surface area contributed by atoms with E-state index in [1.54, 1.807) is 12.1 Å². The molecule has 0 aliphatic rings. The molecule has 20 heavy (non-hydrogen) atoms. The number of hydrogen-bond acceptors (Lipinski definition) is 3. The minimum atomic E-state index is -0.398. The van der Waals surface area contributed by atoms with E-state index < -0.39 is 4.92 Å². The van der Waals surface area contributed by atoms with Crippen LogP contribution in [0, 0.1) is 10.1 Å². The topological polar surface area (TPSA) is 55.2 Å². The first-order valence-corrected chi connectivity index (χ1v) is 6.73. The molecule has 106 valence electrons. The summed E-state index contributed by atoms with van der Waals surface area (Å²) >= 11 is 0. The summed E-state index contributed by atoms with van der Waals surface area (Å²) in [7, 11) is 0. The zero-order valence-electron chi connectivity index (χ0n) is 12.0. The molecule has 0 radical (unpaired) electrons. The van der Waals surface area contributed by atoms with Gasteiger partial charge >= 0.3 is 0 Å². The monoisotopic (exact) mass is 272 g/mol. The van der Waals surface area contributed by atoms with Crippen LogP contribution in [0.1, 0.15) is 32.4 Å². The third kappa shape index (κ3) is 4.39. The number of nitrogens with zero attached hydrogens (tertiary/aromatic N) is 1. The molecule has 0 aliphatic heterocycles. The Balaban J connectivity index is 0.000000956. The second kappa shape index (κ2) is 7.94. The Morgan fingerprint density at radius 3 is 2.05 bits per heavy atom. The van der Waals surface area contributed by atoms with E-state index in [0.717, 1.165) is 5.69 Å². The van der Waals surface area contributed by atoms with Gasteiger partial charge in [0.1, 0.15) is 0 Å². The highest BCUT2D eigenvalue weighted by molar-refractivity contribution is 5.49. The van der Waals surface area contributed by atoms with Crippen molar-refractivity contribution in [3.05, 3.63) is 70.3 Å². The molecule has 4 heteroatoms. The van der Waals surface area contributed by atoms with E-state index in [0.29, 0.717) is 0 Å². The number of rotatable bonds is 4. The van der Waals surface area contributed by atoms with Crippen molar-refractivity contribution < 1.29 is 4.92 Å². The average Bonchev–Trinajstić information content (AvgIpc) is 2.50. The van der Waals surface area contributed by atoms with Crippen molar-refractivity contribution in [2.45, 2.75) is 26.8 Å². The van der Waals surface area contributed by atoms with E-state index in [1.165, 1.54) is 17.7 Å². The number of anilines is 1. The number of hydrogen-bond donors (Lipinski definition) is 1. The van der Waals surface area contributed by atoms with Crippen molar-refractivity contribution >= 4 is 11.4 Å². The van der Waals surface area contributed by atoms with E-state index in [4.69, 9.17) is 0 Å². The van der Waals surface area contributed by atoms with E-state index in [1.807, 2.05) is 44.2 Å². The molecule has 1 N–H and O–H groups in total. The van der Waals surface area contributed by atoms with Gasteiger partial charge in [0.25, 0.3) is 5.69 Å². The summed E-state index contributed by atoms with van der Waals surface area (Å²) in [6, 6.07) is 16.6. The number of non-ortho nitro benzene ring substituents is 1. The number of benzene rings is 2. The molecule has 2 aromatic carbocycles. The molecule has 4 nitrogen and oxygen atoms in total. The normalized spacial score (nSPS) is 10.9. The Hall–Kier alpha value is -2.36. The number of nitro benzene ring substituents is 1. The van der Waals surface area contributed by atoms with E-state index in [2.05, 4.69) is 12.2 Å². The molecule has 0 amide bonds. The zero-order valence-corrected chi connectivity index (χ0v) is 12.0. The molecule has 0 heterocycles. The van der Waals surface area contributed by atoms with E-state index in [-0.39, 0.29) is 11.7 Å². The van der Waals surface area contributed by atoms with Crippen LogP contribution >= 0.6 is 0 Å². The highest BCUT2D eigenvalue weighted by Crippen LogP contribution is 2.21. The summed E-state index contributed by atoms with van der Waals surface area (Å²) in [5, 5.41) is 13.8. The van der Waals surface area contributed by atoms with Crippen molar-refractivity contribution in [1.82, 2.24) is 0 Å². The highest BCUT2D eigenvalue weighted by atomic mass is 16.6. The Bertz CT molecular complexity index is 524. The van der Waals surface area contributed by atoms with Crippen LogP contribution in [0.4, 0.5) is 11.4 Å². The van der Waals surface area contributed by atoms with Gasteiger partial charge < -0.3 is 5.32 Å². The van der Waals surface area contributed by atoms with Gasteiger partial charge in [0.2, 0.25) is 0 Å². The van der Waals surface area contributed by atoms with Gasteiger partial charge in [-0.3, -0.25) is 10.1 Å². The molecule has 0 saturated heterocycles. The second-order valence-corrected chi connectivity index (χ2v) is 4.08. The zero-order chi connectivity index (χ0) is 15.0. The van der Waals surface area contributed by atoms with Gasteiger partial charge in [-0.2, -0.15) is 0 Å². The van der Waals surface area contributed by atoms with Crippen molar-refractivity contribution in [2.75, 3.05) is 5.32 Å². The van der Waals surface area contributed by atoms with Gasteiger partial charge in [-0.25, -0.2) is 0 Å². The van der Waals surface area contributed by atoms with Gasteiger partial charge in [-0.05, 0) is 24.6 Å². The molecule has 1 atom stereocenters. The summed E-state index contributed by atoms with van der Waals surface area (Å²) in [5.74, 6) is 0. The molecule has 2 rings (SSSR count). The Morgan fingerprint density at radius 2 is 1.55 bits per heavy atom. The van der Waals surface area contributed by atoms with Gasteiger partial charge in [-0.1, -0.05) is 44.2 Å². The van der Waals surface area contributed by atoms with Crippen molar-refractivity contribution in [1.29, 1.82) is 0 Å². The molecule has 0 fully saturated rings. The summed E-state index contributed by atoms with van der Waals surface area (Å²) in [6.07, 6.45) is 0. The molecule has 0 spiro atoms. The smallest absolute Gasteiger partial charge is 0.269 e. The molecule has 2 aromatic rings. The Labute approximate surface area is 119 Å². The summed E-state index contributed by atoms with van der Waals surface area (Å²) in [6.45, 7) is 6.05. The second-order valence-electron chi connectivity index (χ2n) is 4.08. The quantitative estimate of drug-likeness (QED) is 0.642. The molecule has 0 bridgehead atoms. The maximum atomic E-state index is 10.5. The van der Waals surface area contributed by atoms with Crippen molar-refractivity contribution in [3.8, 4) is 0 Å². The first-order chi connectivity index (χ1) is 9.66. The van der Waals surface area contributed by atoms with E-state index >= 15 is 0 Å².